The molecule has 0 heterocycles. The number of nitro groups is 1. The van der Waals surface area contributed by atoms with E-state index in [0.29, 0.717) is 5.56 Å². The van der Waals surface area contributed by atoms with Gasteiger partial charge in [-0.25, -0.2) is 4.39 Å². The number of ether oxygens (including phenoxy) is 1. The van der Waals surface area contributed by atoms with Gasteiger partial charge in [-0.3, -0.25) is 14.9 Å². The molecule has 0 aliphatic carbocycles. The molecule has 0 aromatic heterocycles. The lowest BCUT2D eigenvalue weighted by Crippen LogP contribution is -2.15. The minimum Gasteiger partial charge on any atom is -0.490 e. The normalized spacial score (nSPS) is 11.7. The monoisotopic (exact) mass is 319 g/mol. The zero-order valence-electron chi connectivity index (χ0n) is 12.0. The maximum absolute atomic E-state index is 13.4. The van der Waals surface area contributed by atoms with E-state index < -0.39 is 22.6 Å². The van der Waals surface area contributed by atoms with Gasteiger partial charge < -0.3 is 9.84 Å². The number of rotatable bonds is 7. The van der Waals surface area contributed by atoms with E-state index in [2.05, 4.69) is 0 Å². The van der Waals surface area contributed by atoms with Crippen LogP contribution >= 0.6 is 0 Å². The molecule has 0 bridgehead atoms. The molecule has 0 saturated carbocycles. The van der Waals surface area contributed by atoms with E-state index >= 15 is 0 Å². The van der Waals surface area contributed by atoms with Crippen LogP contribution in [-0.2, 0) is 4.79 Å². The molecule has 0 amide bonds. The minimum atomic E-state index is -1.07. The number of carbonyl (C=O) groups is 1. The van der Waals surface area contributed by atoms with Crippen molar-refractivity contribution in [2.24, 2.45) is 0 Å². The van der Waals surface area contributed by atoms with E-state index in [1.807, 2.05) is 0 Å². The van der Waals surface area contributed by atoms with Crippen LogP contribution in [0.5, 0.6) is 5.75 Å². The Bertz CT molecular complexity index is 702. The van der Waals surface area contributed by atoms with Crippen molar-refractivity contribution < 1.29 is 24.0 Å². The fourth-order valence-electron chi connectivity index (χ4n) is 2.11. The standard InChI is InChI=1S/C16H14FNO5/c17-14-3-1-2-4-15(14)23-10-9-13(16(19)20)11-5-7-12(8-6-11)18(21)22/h1-8,13H,9-10H2,(H,19,20). The van der Waals surface area contributed by atoms with Gasteiger partial charge in [0, 0.05) is 12.1 Å². The van der Waals surface area contributed by atoms with E-state index in [4.69, 9.17) is 4.74 Å². The van der Waals surface area contributed by atoms with Crippen LogP contribution in [0.3, 0.4) is 0 Å². The lowest BCUT2D eigenvalue weighted by Gasteiger charge is -2.13. The minimum absolute atomic E-state index is 0.00882. The first-order valence-electron chi connectivity index (χ1n) is 6.83. The van der Waals surface area contributed by atoms with Crippen molar-refractivity contribution in [2.45, 2.75) is 12.3 Å². The average molecular weight is 319 g/mol. The Morgan fingerprint density at radius 1 is 1.22 bits per heavy atom. The van der Waals surface area contributed by atoms with E-state index in [1.54, 1.807) is 6.07 Å². The number of para-hydroxylation sites is 1. The molecule has 7 heteroatoms. The number of halogens is 1. The Labute approximate surface area is 131 Å². The molecule has 1 unspecified atom stereocenters. The Morgan fingerprint density at radius 2 is 1.87 bits per heavy atom. The Morgan fingerprint density at radius 3 is 2.43 bits per heavy atom. The molecule has 23 heavy (non-hydrogen) atoms. The van der Waals surface area contributed by atoms with Crippen LogP contribution in [0.15, 0.2) is 48.5 Å². The summed E-state index contributed by atoms with van der Waals surface area (Å²) in [5.74, 6) is -2.42. The summed E-state index contributed by atoms with van der Waals surface area (Å²) in [5, 5.41) is 19.9. The predicted octanol–water partition coefficient (Wildman–Crippen LogP) is 3.37. The molecule has 2 rings (SSSR count). The van der Waals surface area contributed by atoms with E-state index in [1.165, 1.54) is 42.5 Å². The second-order valence-electron chi connectivity index (χ2n) is 4.81. The fourth-order valence-corrected chi connectivity index (χ4v) is 2.11. The zero-order chi connectivity index (χ0) is 16.8. The molecule has 0 saturated heterocycles. The van der Waals surface area contributed by atoms with Crippen LogP contribution in [0.2, 0.25) is 0 Å². The molecule has 6 nitrogen and oxygen atoms in total. The number of aliphatic carboxylic acids is 1. The van der Waals surface area contributed by atoms with Crippen molar-refractivity contribution in [1.29, 1.82) is 0 Å². The highest BCUT2D eigenvalue weighted by Gasteiger charge is 2.21. The molecule has 1 atom stereocenters. The predicted molar refractivity (Wildman–Crippen MR) is 80.0 cm³/mol. The van der Waals surface area contributed by atoms with Gasteiger partial charge in [-0.05, 0) is 24.1 Å². The van der Waals surface area contributed by atoms with Crippen LogP contribution in [0, 0.1) is 15.9 Å². The summed E-state index contributed by atoms with van der Waals surface area (Å²) in [5.41, 5.74) is 0.320. The van der Waals surface area contributed by atoms with Crippen molar-refractivity contribution in [3.8, 4) is 5.75 Å². The van der Waals surface area contributed by atoms with Crippen molar-refractivity contribution in [3.05, 3.63) is 70.0 Å². The maximum atomic E-state index is 13.4. The van der Waals surface area contributed by atoms with Crippen LogP contribution in [0.1, 0.15) is 17.9 Å². The summed E-state index contributed by atoms with van der Waals surface area (Å²) in [7, 11) is 0. The number of carboxylic acids is 1. The summed E-state index contributed by atoms with van der Waals surface area (Å²) >= 11 is 0. The number of hydrogen-bond acceptors (Lipinski definition) is 4. The summed E-state index contributed by atoms with van der Waals surface area (Å²) in [4.78, 5) is 21.4. The molecule has 1 N–H and O–H groups in total. The largest absolute Gasteiger partial charge is 0.490 e. The van der Waals surface area contributed by atoms with E-state index in [0.717, 1.165) is 0 Å². The van der Waals surface area contributed by atoms with Crippen molar-refractivity contribution in [3.63, 3.8) is 0 Å². The average Bonchev–Trinajstić information content (AvgIpc) is 2.53. The number of non-ortho nitro benzene ring substituents is 1. The lowest BCUT2D eigenvalue weighted by atomic mass is 9.96. The quantitative estimate of drug-likeness (QED) is 0.624. The first kappa shape index (κ1) is 16.4. The Balaban J connectivity index is 2.03. The van der Waals surface area contributed by atoms with Crippen molar-refractivity contribution in [1.82, 2.24) is 0 Å². The van der Waals surface area contributed by atoms with Crippen LogP contribution in [-0.4, -0.2) is 22.6 Å². The molecule has 2 aromatic carbocycles. The summed E-state index contributed by atoms with van der Waals surface area (Å²) in [6, 6.07) is 11.2. The van der Waals surface area contributed by atoms with Gasteiger partial charge >= 0.3 is 5.97 Å². The highest BCUT2D eigenvalue weighted by Crippen LogP contribution is 2.24. The van der Waals surface area contributed by atoms with Gasteiger partial charge in [0.15, 0.2) is 11.6 Å². The summed E-state index contributed by atoms with van der Waals surface area (Å²) < 4.78 is 18.7. The van der Waals surface area contributed by atoms with E-state index in [-0.39, 0.29) is 24.5 Å². The van der Waals surface area contributed by atoms with Gasteiger partial charge in [-0.15, -0.1) is 0 Å². The number of nitrogens with zero attached hydrogens (tertiary/aromatic N) is 1. The third-order valence-corrected chi connectivity index (χ3v) is 3.31. The van der Waals surface area contributed by atoms with Gasteiger partial charge in [-0.1, -0.05) is 24.3 Å². The van der Waals surface area contributed by atoms with Gasteiger partial charge in [0.25, 0.3) is 5.69 Å². The van der Waals surface area contributed by atoms with Gasteiger partial charge in [0.2, 0.25) is 0 Å². The van der Waals surface area contributed by atoms with Gasteiger partial charge in [-0.2, -0.15) is 0 Å². The Kier molecular flexibility index (Phi) is 5.24. The molecule has 0 fully saturated rings. The summed E-state index contributed by atoms with van der Waals surface area (Å²) in [6.07, 6.45) is 0.113. The molecular weight excluding hydrogens is 305 g/mol. The number of benzene rings is 2. The molecule has 120 valence electrons. The van der Waals surface area contributed by atoms with Crippen molar-refractivity contribution in [2.75, 3.05) is 6.61 Å². The highest BCUT2D eigenvalue weighted by atomic mass is 19.1. The summed E-state index contributed by atoms with van der Waals surface area (Å²) in [6.45, 7) is 0.00882. The van der Waals surface area contributed by atoms with Crippen LogP contribution in [0.25, 0.3) is 0 Å². The van der Waals surface area contributed by atoms with Crippen LogP contribution < -0.4 is 4.74 Å². The second kappa shape index (κ2) is 7.35. The molecular formula is C16H14FNO5. The SMILES string of the molecule is O=C(O)C(CCOc1ccccc1F)c1ccc([N+](=O)[O-])cc1. The van der Waals surface area contributed by atoms with Gasteiger partial charge in [0.05, 0.1) is 17.4 Å². The number of nitro benzene ring substituents is 1. The second-order valence-corrected chi connectivity index (χ2v) is 4.81. The molecule has 0 aliphatic heterocycles. The lowest BCUT2D eigenvalue weighted by molar-refractivity contribution is -0.384. The van der Waals surface area contributed by atoms with E-state index in [9.17, 15) is 24.4 Å². The maximum Gasteiger partial charge on any atom is 0.311 e. The zero-order valence-corrected chi connectivity index (χ0v) is 12.0. The number of hydrogen-bond donors (Lipinski definition) is 1. The molecule has 2 aromatic rings. The fraction of sp³-hybridized carbons (Fsp3) is 0.188. The van der Waals surface area contributed by atoms with Gasteiger partial charge in [0.1, 0.15) is 0 Å². The topological polar surface area (TPSA) is 89.7 Å². The Hall–Kier alpha value is -2.96. The first-order valence-corrected chi connectivity index (χ1v) is 6.83. The third kappa shape index (κ3) is 4.26. The third-order valence-electron chi connectivity index (χ3n) is 3.31. The molecule has 0 radical (unpaired) electrons. The highest BCUT2D eigenvalue weighted by molar-refractivity contribution is 5.76. The number of carboxylic acid groups (broad SMARTS) is 1. The molecule has 0 spiro atoms. The smallest absolute Gasteiger partial charge is 0.311 e. The molecule has 0 aliphatic rings. The van der Waals surface area contributed by atoms with Crippen molar-refractivity contribution >= 4 is 11.7 Å². The first-order chi connectivity index (χ1) is 11.0. The van der Waals surface area contributed by atoms with Crippen LogP contribution in [0.4, 0.5) is 10.1 Å².